The van der Waals surface area contributed by atoms with E-state index >= 15 is 0 Å². The first kappa shape index (κ1) is 13.8. The van der Waals surface area contributed by atoms with Crippen molar-refractivity contribution in [2.45, 2.75) is 13.5 Å². The fraction of sp³-hybridized carbons (Fsp3) is 0.118. The van der Waals surface area contributed by atoms with Crippen LogP contribution in [0, 0.1) is 18.3 Å². The highest BCUT2D eigenvalue weighted by molar-refractivity contribution is 5.82. The summed E-state index contributed by atoms with van der Waals surface area (Å²) < 4.78 is 5.69. The van der Waals surface area contributed by atoms with Gasteiger partial charge in [0, 0.05) is 23.2 Å². The van der Waals surface area contributed by atoms with Crippen LogP contribution in [-0.2, 0) is 6.61 Å². The van der Waals surface area contributed by atoms with Crippen molar-refractivity contribution < 1.29 is 4.74 Å². The number of fused-ring (bicyclic) bond motifs is 1. The molecule has 1 N–H and O–H groups in total. The zero-order chi connectivity index (χ0) is 15.5. The summed E-state index contributed by atoms with van der Waals surface area (Å²) in [5.74, 6) is 0.431. The lowest BCUT2D eigenvalue weighted by Gasteiger charge is -2.09. The highest BCUT2D eigenvalue weighted by Gasteiger charge is 2.08. The molecule has 5 nitrogen and oxygen atoms in total. The zero-order valence-electron chi connectivity index (χ0n) is 12.0. The minimum atomic E-state index is -0.145. The lowest BCUT2D eigenvalue weighted by Crippen LogP contribution is -2.09. The van der Waals surface area contributed by atoms with E-state index in [2.05, 4.69) is 16.0 Å². The molecule has 0 bridgehead atoms. The van der Waals surface area contributed by atoms with Crippen molar-refractivity contribution in [3.63, 3.8) is 0 Å². The highest BCUT2D eigenvalue weighted by Crippen LogP contribution is 2.25. The molecule has 2 heterocycles. The normalized spacial score (nSPS) is 10.4. The Hall–Kier alpha value is -3.13. The van der Waals surface area contributed by atoms with Gasteiger partial charge in [-0.1, -0.05) is 6.07 Å². The van der Waals surface area contributed by atoms with Gasteiger partial charge in [-0.15, -0.1) is 0 Å². The van der Waals surface area contributed by atoms with E-state index in [1.807, 2.05) is 18.2 Å². The van der Waals surface area contributed by atoms with E-state index in [9.17, 15) is 10.1 Å². The number of nitrogens with zero attached hydrogens (tertiary/aromatic N) is 2. The number of aromatic nitrogens is 2. The van der Waals surface area contributed by atoms with Crippen molar-refractivity contribution in [2.75, 3.05) is 0 Å². The number of hydrogen-bond acceptors (Lipinski definition) is 4. The number of hydrogen-bond donors (Lipinski definition) is 1. The molecule has 0 aliphatic carbocycles. The van der Waals surface area contributed by atoms with Crippen LogP contribution >= 0.6 is 0 Å². The van der Waals surface area contributed by atoms with Crippen LogP contribution in [-0.4, -0.2) is 9.97 Å². The first-order chi connectivity index (χ1) is 10.7. The quantitative estimate of drug-likeness (QED) is 0.804. The predicted octanol–water partition coefficient (Wildman–Crippen LogP) is 2.68. The van der Waals surface area contributed by atoms with Crippen LogP contribution in [0.5, 0.6) is 5.75 Å². The molecule has 0 saturated heterocycles. The van der Waals surface area contributed by atoms with Crippen molar-refractivity contribution in [1.82, 2.24) is 9.97 Å². The van der Waals surface area contributed by atoms with Gasteiger partial charge in [0.05, 0.1) is 16.8 Å². The Morgan fingerprint density at radius 3 is 2.91 bits per heavy atom. The SMILES string of the molecule is Cc1cc2cc(C#N)c(OCc3ccccn3)cc2[nH]c1=O. The Balaban J connectivity index is 1.99. The number of aryl methyl sites for hydroxylation is 1. The van der Waals surface area contributed by atoms with Crippen molar-refractivity contribution >= 4 is 10.9 Å². The summed E-state index contributed by atoms with van der Waals surface area (Å²) in [6.07, 6.45) is 1.69. The number of rotatable bonds is 3. The van der Waals surface area contributed by atoms with Gasteiger partial charge in [-0.3, -0.25) is 9.78 Å². The topological polar surface area (TPSA) is 78.8 Å². The Morgan fingerprint density at radius 2 is 2.18 bits per heavy atom. The molecule has 2 aromatic heterocycles. The van der Waals surface area contributed by atoms with Crippen molar-refractivity contribution in [1.29, 1.82) is 5.26 Å². The number of aromatic amines is 1. The summed E-state index contributed by atoms with van der Waals surface area (Å²) in [7, 11) is 0. The summed E-state index contributed by atoms with van der Waals surface area (Å²) in [5, 5.41) is 10.1. The molecular weight excluding hydrogens is 278 g/mol. The molecule has 0 atom stereocenters. The van der Waals surface area contributed by atoms with Crippen LogP contribution in [0.3, 0.4) is 0 Å². The summed E-state index contributed by atoms with van der Waals surface area (Å²) in [6, 6.07) is 12.8. The third-order valence-electron chi connectivity index (χ3n) is 3.35. The van der Waals surface area contributed by atoms with Crippen LogP contribution < -0.4 is 10.3 Å². The average Bonchev–Trinajstić information content (AvgIpc) is 2.54. The van der Waals surface area contributed by atoms with Gasteiger partial charge >= 0.3 is 0 Å². The monoisotopic (exact) mass is 291 g/mol. The van der Waals surface area contributed by atoms with Gasteiger partial charge in [0.2, 0.25) is 0 Å². The number of nitrogens with one attached hydrogen (secondary N) is 1. The van der Waals surface area contributed by atoms with Crippen LogP contribution in [0.15, 0.2) is 47.4 Å². The third-order valence-corrected chi connectivity index (χ3v) is 3.35. The molecule has 3 rings (SSSR count). The Kier molecular flexibility index (Phi) is 3.58. The molecule has 5 heteroatoms. The third kappa shape index (κ3) is 2.67. The number of benzene rings is 1. The van der Waals surface area contributed by atoms with Gasteiger partial charge in [-0.05, 0) is 31.2 Å². The number of pyridine rings is 2. The van der Waals surface area contributed by atoms with Crippen LogP contribution in [0.25, 0.3) is 10.9 Å². The molecule has 0 spiro atoms. The summed E-state index contributed by atoms with van der Waals surface area (Å²) >= 11 is 0. The maximum absolute atomic E-state index is 11.7. The Morgan fingerprint density at radius 1 is 1.32 bits per heavy atom. The second-order valence-electron chi connectivity index (χ2n) is 4.94. The first-order valence-corrected chi connectivity index (χ1v) is 6.78. The minimum Gasteiger partial charge on any atom is -0.486 e. The van der Waals surface area contributed by atoms with E-state index in [1.54, 1.807) is 31.3 Å². The molecular formula is C17H13N3O2. The molecule has 1 aromatic carbocycles. The van der Waals surface area contributed by atoms with E-state index in [4.69, 9.17) is 4.74 Å². The fourth-order valence-electron chi connectivity index (χ4n) is 2.19. The zero-order valence-corrected chi connectivity index (χ0v) is 12.0. The lowest BCUT2D eigenvalue weighted by atomic mass is 10.1. The Labute approximate surface area is 126 Å². The van der Waals surface area contributed by atoms with E-state index in [1.165, 1.54) is 0 Å². The molecule has 0 fully saturated rings. The molecule has 0 aliphatic rings. The van der Waals surface area contributed by atoms with E-state index in [0.717, 1.165) is 11.1 Å². The fourth-order valence-corrected chi connectivity index (χ4v) is 2.19. The van der Waals surface area contributed by atoms with Crippen LogP contribution in [0.1, 0.15) is 16.8 Å². The largest absolute Gasteiger partial charge is 0.486 e. The number of nitriles is 1. The van der Waals surface area contributed by atoms with Crippen molar-refractivity contribution in [3.8, 4) is 11.8 Å². The maximum Gasteiger partial charge on any atom is 0.251 e. The van der Waals surface area contributed by atoms with Crippen LogP contribution in [0.4, 0.5) is 0 Å². The standard InChI is InChI=1S/C17H13N3O2/c1-11-6-12-7-13(9-18)16(8-15(12)20-17(11)21)22-10-14-4-2-3-5-19-14/h2-8H,10H2,1H3,(H,20,21). The molecule has 0 radical (unpaired) electrons. The van der Waals surface area contributed by atoms with Gasteiger partial charge in [-0.2, -0.15) is 5.26 Å². The molecule has 0 aliphatic heterocycles. The van der Waals surface area contributed by atoms with Crippen LogP contribution in [0.2, 0.25) is 0 Å². The van der Waals surface area contributed by atoms with Crippen molar-refractivity contribution in [2.24, 2.45) is 0 Å². The lowest BCUT2D eigenvalue weighted by molar-refractivity contribution is 0.301. The molecule has 0 unspecified atom stereocenters. The second-order valence-corrected chi connectivity index (χ2v) is 4.94. The number of H-pyrrole nitrogens is 1. The number of ether oxygens (including phenoxy) is 1. The maximum atomic E-state index is 11.7. The van der Waals surface area contributed by atoms with E-state index in [-0.39, 0.29) is 12.2 Å². The smallest absolute Gasteiger partial charge is 0.251 e. The molecule has 0 saturated carbocycles. The first-order valence-electron chi connectivity index (χ1n) is 6.78. The predicted molar refractivity (Wildman–Crippen MR) is 82.6 cm³/mol. The Bertz CT molecular complexity index is 924. The summed E-state index contributed by atoms with van der Waals surface area (Å²) in [5.41, 5.74) is 2.30. The summed E-state index contributed by atoms with van der Waals surface area (Å²) in [6.45, 7) is 1.99. The minimum absolute atomic E-state index is 0.145. The summed E-state index contributed by atoms with van der Waals surface area (Å²) in [4.78, 5) is 18.7. The molecule has 0 amide bonds. The van der Waals surface area contributed by atoms with Gasteiger partial charge in [-0.25, -0.2) is 0 Å². The molecule has 22 heavy (non-hydrogen) atoms. The highest BCUT2D eigenvalue weighted by atomic mass is 16.5. The van der Waals surface area contributed by atoms with E-state index in [0.29, 0.717) is 22.4 Å². The molecule has 3 aromatic rings. The van der Waals surface area contributed by atoms with Gasteiger partial charge in [0.1, 0.15) is 18.4 Å². The van der Waals surface area contributed by atoms with Gasteiger partial charge < -0.3 is 9.72 Å². The second kappa shape index (κ2) is 5.70. The van der Waals surface area contributed by atoms with Gasteiger partial charge in [0.15, 0.2) is 0 Å². The average molecular weight is 291 g/mol. The van der Waals surface area contributed by atoms with Crippen molar-refractivity contribution in [3.05, 3.63) is 69.8 Å². The van der Waals surface area contributed by atoms with Gasteiger partial charge in [0.25, 0.3) is 5.56 Å². The molecule has 108 valence electrons. The van der Waals surface area contributed by atoms with E-state index < -0.39 is 0 Å².